The van der Waals surface area contributed by atoms with Gasteiger partial charge in [-0.1, -0.05) is 18.2 Å². The number of nitrogen functional groups attached to an aromatic ring is 2. The van der Waals surface area contributed by atoms with Gasteiger partial charge in [0.2, 0.25) is 0 Å². The number of halogens is 3. The van der Waals surface area contributed by atoms with E-state index in [9.17, 15) is 13.2 Å². The first kappa shape index (κ1) is 16.7. The lowest BCUT2D eigenvalue weighted by molar-refractivity contribution is -0.138. The predicted molar refractivity (Wildman–Crippen MR) is 92.2 cm³/mol. The fraction of sp³-hybridized carbons (Fsp3) is 0.0526. The van der Waals surface area contributed by atoms with E-state index in [1.807, 2.05) is 0 Å². The van der Waals surface area contributed by atoms with Crippen molar-refractivity contribution in [2.24, 2.45) is 0 Å². The molecule has 6 heteroatoms. The van der Waals surface area contributed by atoms with Crippen LogP contribution < -0.4 is 16.2 Å². The molecule has 0 aliphatic rings. The molecule has 3 nitrogen and oxygen atoms in total. The number of nitrogens with two attached hydrogens (primary N) is 2. The maximum atomic E-state index is 13.5. The molecule has 25 heavy (non-hydrogen) atoms. The van der Waals surface area contributed by atoms with E-state index in [1.165, 1.54) is 18.2 Å². The highest BCUT2D eigenvalue weighted by Gasteiger charge is 2.35. The maximum Gasteiger partial charge on any atom is 0.420 e. The van der Waals surface area contributed by atoms with Gasteiger partial charge in [-0.05, 0) is 59.7 Å². The third kappa shape index (κ3) is 3.85. The van der Waals surface area contributed by atoms with Gasteiger partial charge >= 0.3 is 6.18 Å². The van der Waals surface area contributed by atoms with Crippen LogP contribution in [-0.2, 0) is 6.18 Å². The Labute approximate surface area is 142 Å². The molecule has 0 radical (unpaired) electrons. The Balaban J connectivity index is 2.01. The van der Waals surface area contributed by atoms with E-state index in [0.717, 1.165) is 6.07 Å². The Morgan fingerprint density at radius 3 is 1.76 bits per heavy atom. The van der Waals surface area contributed by atoms with Crippen LogP contribution >= 0.6 is 0 Å². The summed E-state index contributed by atoms with van der Waals surface area (Å²) in [5, 5.41) is 0. The monoisotopic (exact) mass is 344 g/mol. The fourth-order valence-corrected chi connectivity index (χ4v) is 2.36. The molecule has 0 heterocycles. The first-order chi connectivity index (χ1) is 11.8. The summed E-state index contributed by atoms with van der Waals surface area (Å²) >= 11 is 0. The predicted octanol–water partition coefficient (Wildman–Crippen LogP) is 5.33. The Morgan fingerprint density at radius 1 is 0.680 bits per heavy atom. The highest BCUT2D eigenvalue weighted by atomic mass is 19.4. The maximum absolute atomic E-state index is 13.5. The Hall–Kier alpha value is -3.15. The van der Waals surface area contributed by atoms with Crippen molar-refractivity contribution in [1.29, 1.82) is 0 Å². The normalized spacial score (nSPS) is 11.3. The van der Waals surface area contributed by atoms with Gasteiger partial charge in [0, 0.05) is 11.4 Å². The van der Waals surface area contributed by atoms with Crippen molar-refractivity contribution in [2.75, 3.05) is 11.5 Å². The van der Waals surface area contributed by atoms with Gasteiger partial charge in [0.05, 0.1) is 5.56 Å². The largest absolute Gasteiger partial charge is 0.457 e. The molecule has 3 aromatic carbocycles. The van der Waals surface area contributed by atoms with Crippen LogP contribution in [0, 0.1) is 0 Å². The van der Waals surface area contributed by atoms with Crippen molar-refractivity contribution in [1.82, 2.24) is 0 Å². The van der Waals surface area contributed by atoms with E-state index in [4.69, 9.17) is 16.2 Å². The van der Waals surface area contributed by atoms with Gasteiger partial charge in [0.25, 0.3) is 0 Å². The zero-order valence-electron chi connectivity index (χ0n) is 13.0. The van der Waals surface area contributed by atoms with E-state index in [-0.39, 0.29) is 11.5 Å². The topological polar surface area (TPSA) is 61.3 Å². The number of ether oxygens (including phenoxy) is 1. The third-order valence-electron chi connectivity index (χ3n) is 3.64. The molecule has 0 saturated heterocycles. The molecule has 0 aliphatic carbocycles. The first-order valence-corrected chi connectivity index (χ1v) is 7.43. The average molecular weight is 344 g/mol. The van der Waals surface area contributed by atoms with Crippen LogP contribution in [0.15, 0.2) is 66.7 Å². The molecule has 0 unspecified atom stereocenters. The van der Waals surface area contributed by atoms with E-state index < -0.39 is 11.7 Å². The highest BCUT2D eigenvalue weighted by molar-refractivity contribution is 5.68. The van der Waals surface area contributed by atoms with Crippen molar-refractivity contribution in [3.63, 3.8) is 0 Å². The molecule has 3 rings (SSSR count). The molecule has 0 aliphatic heterocycles. The lowest BCUT2D eigenvalue weighted by Gasteiger charge is -2.15. The second-order valence-corrected chi connectivity index (χ2v) is 5.50. The summed E-state index contributed by atoms with van der Waals surface area (Å²) in [7, 11) is 0. The molecular weight excluding hydrogens is 329 g/mol. The molecule has 0 bridgehead atoms. The Kier molecular flexibility index (Phi) is 4.27. The van der Waals surface area contributed by atoms with Crippen LogP contribution in [0.5, 0.6) is 11.5 Å². The van der Waals surface area contributed by atoms with Gasteiger partial charge in [-0.2, -0.15) is 13.2 Å². The number of alkyl halides is 3. The molecule has 4 N–H and O–H groups in total. The summed E-state index contributed by atoms with van der Waals surface area (Å²) < 4.78 is 45.8. The number of hydrogen-bond acceptors (Lipinski definition) is 3. The first-order valence-electron chi connectivity index (χ1n) is 7.43. The van der Waals surface area contributed by atoms with Crippen molar-refractivity contribution in [2.45, 2.75) is 6.18 Å². The molecule has 3 aromatic rings. The van der Waals surface area contributed by atoms with Crippen LogP contribution in [0.25, 0.3) is 11.1 Å². The SMILES string of the molecule is Nc1ccc(Oc2ccc(-c3ccc(N)cc3)cc2C(F)(F)F)cc1. The minimum Gasteiger partial charge on any atom is -0.457 e. The standard InChI is InChI=1S/C19H15F3N2O/c20-19(21,22)17-11-13(12-1-4-14(23)5-2-12)3-10-18(17)25-16-8-6-15(24)7-9-16/h1-11H,23-24H2. The van der Waals surface area contributed by atoms with Gasteiger partial charge in [0.1, 0.15) is 11.5 Å². The molecule has 128 valence electrons. The van der Waals surface area contributed by atoms with Crippen molar-refractivity contribution in [3.05, 3.63) is 72.3 Å². The minimum absolute atomic E-state index is 0.267. The van der Waals surface area contributed by atoms with E-state index >= 15 is 0 Å². The summed E-state index contributed by atoms with van der Waals surface area (Å²) in [6.07, 6.45) is -4.55. The second-order valence-electron chi connectivity index (χ2n) is 5.50. The molecule has 0 amide bonds. The fourth-order valence-electron chi connectivity index (χ4n) is 2.36. The van der Waals surface area contributed by atoms with Crippen molar-refractivity contribution < 1.29 is 17.9 Å². The molecule has 0 fully saturated rings. The van der Waals surface area contributed by atoms with Crippen LogP contribution in [0.3, 0.4) is 0 Å². The third-order valence-corrected chi connectivity index (χ3v) is 3.64. The van der Waals surface area contributed by atoms with Gasteiger partial charge in [-0.3, -0.25) is 0 Å². The van der Waals surface area contributed by atoms with Gasteiger partial charge in [0.15, 0.2) is 0 Å². The molecule has 0 aromatic heterocycles. The Bertz CT molecular complexity index is 873. The number of anilines is 2. The van der Waals surface area contributed by atoms with Crippen LogP contribution in [0.4, 0.5) is 24.5 Å². The second kappa shape index (κ2) is 6.39. The van der Waals surface area contributed by atoms with Gasteiger partial charge < -0.3 is 16.2 Å². The van der Waals surface area contributed by atoms with Crippen LogP contribution in [-0.4, -0.2) is 0 Å². The van der Waals surface area contributed by atoms with Crippen LogP contribution in [0.2, 0.25) is 0 Å². The average Bonchev–Trinajstić information content (AvgIpc) is 2.57. The van der Waals surface area contributed by atoms with E-state index in [0.29, 0.717) is 22.5 Å². The minimum atomic E-state index is -4.55. The van der Waals surface area contributed by atoms with Crippen molar-refractivity contribution in [3.8, 4) is 22.6 Å². The van der Waals surface area contributed by atoms with Gasteiger partial charge in [-0.25, -0.2) is 0 Å². The number of rotatable bonds is 3. The summed E-state index contributed by atoms with van der Waals surface area (Å²) in [5.74, 6) is 0.0106. The molecule has 0 atom stereocenters. The number of benzene rings is 3. The zero-order chi connectivity index (χ0) is 18.0. The summed E-state index contributed by atoms with van der Waals surface area (Å²) in [5.41, 5.74) is 12.4. The van der Waals surface area contributed by atoms with Crippen molar-refractivity contribution >= 4 is 11.4 Å². The summed E-state index contributed by atoms with van der Waals surface area (Å²) in [4.78, 5) is 0. The van der Waals surface area contributed by atoms with Gasteiger partial charge in [-0.15, -0.1) is 0 Å². The lowest BCUT2D eigenvalue weighted by Crippen LogP contribution is -2.07. The van der Waals surface area contributed by atoms with Crippen LogP contribution in [0.1, 0.15) is 5.56 Å². The smallest absolute Gasteiger partial charge is 0.420 e. The molecule has 0 saturated carbocycles. The zero-order valence-corrected chi connectivity index (χ0v) is 13.0. The quantitative estimate of drug-likeness (QED) is 0.631. The number of hydrogen-bond donors (Lipinski definition) is 2. The van der Waals surface area contributed by atoms with E-state index in [2.05, 4.69) is 0 Å². The lowest BCUT2D eigenvalue weighted by atomic mass is 10.0. The Morgan fingerprint density at radius 2 is 1.20 bits per heavy atom. The van der Waals surface area contributed by atoms with E-state index in [1.54, 1.807) is 42.5 Å². The summed E-state index contributed by atoms with van der Waals surface area (Å²) in [6.45, 7) is 0. The molecular formula is C19H15F3N2O. The summed E-state index contributed by atoms with van der Waals surface area (Å²) in [6, 6.07) is 16.7. The molecule has 0 spiro atoms. The highest BCUT2D eigenvalue weighted by Crippen LogP contribution is 2.40.